The van der Waals surface area contributed by atoms with Crippen LogP contribution in [-0.2, 0) is 23.9 Å². The van der Waals surface area contributed by atoms with Crippen LogP contribution in [0, 0.1) is 11.8 Å². The van der Waals surface area contributed by atoms with Crippen LogP contribution >= 0.6 is 0 Å². The van der Waals surface area contributed by atoms with Gasteiger partial charge in [0.1, 0.15) is 11.6 Å². The molecule has 140 valence electrons. The number of carbonyl (C=O) groups is 3. The summed E-state index contributed by atoms with van der Waals surface area (Å²) in [5.41, 5.74) is 0. The van der Waals surface area contributed by atoms with Crippen molar-refractivity contribution >= 4 is 17.5 Å². The number of rotatable bonds is 13. The zero-order valence-corrected chi connectivity index (χ0v) is 16.0. The van der Waals surface area contributed by atoms with Gasteiger partial charge in [0.25, 0.3) is 0 Å². The summed E-state index contributed by atoms with van der Waals surface area (Å²) >= 11 is 0. The van der Waals surface area contributed by atoms with Crippen molar-refractivity contribution in [3.8, 4) is 0 Å². The number of carbonyl (C=O) groups excluding carboxylic acids is 3. The fraction of sp³-hybridized carbons (Fsp3) is 0.833. The van der Waals surface area contributed by atoms with Crippen molar-refractivity contribution in [3.63, 3.8) is 0 Å². The van der Waals surface area contributed by atoms with Gasteiger partial charge >= 0.3 is 0 Å². The summed E-state index contributed by atoms with van der Waals surface area (Å²) in [6, 6.07) is -0.231. The van der Waals surface area contributed by atoms with Gasteiger partial charge in [0, 0.05) is 38.6 Å². The number of ketones is 2. The first-order valence-corrected chi connectivity index (χ1v) is 8.61. The van der Waals surface area contributed by atoms with E-state index >= 15 is 0 Å². The molecular weight excluding hydrogens is 310 g/mol. The zero-order valence-electron chi connectivity index (χ0n) is 16.0. The fourth-order valence-electron chi connectivity index (χ4n) is 1.89. The minimum atomic E-state index is -0.231. The molecule has 0 aromatic rings. The Hall–Kier alpha value is -1.27. The molecule has 6 nitrogen and oxygen atoms in total. The van der Waals surface area contributed by atoms with Crippen LogP contribution in [0.1, 0.15) is 47.5 Å². The maximum Gasteiger partial charge on any atom is 0.219 e. The molecule has 0 aromatic heterocycles. The van der Waals surface area contributed by atoms with Crippen molar-refractivity contribution in [2.75, 3.05) is 33.5 Å². The molecule has 1 amide bonds. The van der Waals surface area contributed by atoms with Gasteiger partial charge in [-0.05, 0) is 0 Å². The first-order chi connectivity index (χ1) is 11.2. The van der Waals surface area contributed by atoms with Crippen LogP contribution in [0.2, 0.25) is 0 Å². The maximum absolute atomic E-state index is 11.6. The van der Waals surface area contributed by atoms with Gasteiger partial charge in [-0.15, -0.1) is 0 Å². The lowest BCUT2D eigenvalue weighted by Crippen LogP contribution is -2.42. The number of hydrogen-bond donors (Lipinski definition) is 0. The molecular formula is C18H33NO5. The quantitative estimate of drug-likeness (QED) is 0.479. The van der Waals surface area contributed by atoms with Gasteiger partial charge in [-0.25, -0.2) is 0 Å². The summed E-state index contributed by atoms with van der Waals surface area (Å²) in [6.45, 7) is 10.2. The summed E-state index contributed by atoms with van der Waals surface area (Å²) in [6.07, 6.45) is 0.746. The summed E-state index contributed by atoms with van der Waals surface area (Å²) in [7, 11) is 1.69. The van der Waals surface area contributed by atoms with E-state index in [9.17, 15) is 14.4 Å². The molecule has 0 saturated heterocycles. The van der Waals surface area contributed by atoms with E-state index in [0.717, 1.165) is 0 Å². The standard InChI is InChI=1S/C18H33NO5/c1-13(2)17(21)7-9-23-11-16(19(6)15(5)20)12-24-10-8-18(22)14(3)4/h13-14,16H,7-12H2,1-6H3. The molecule has 0 unspecified atom stereocenters. The average Bonchev–Trinajstić information content (AvgIpc) is 2.51. The highest BCUT2D eigenvalue weighted by Crippen LogP contribution is 2.04. The van der Waals surface area contributed by atoms with Gasteiger partial charge in [0.15, 0.2) is 0 Å². The first-order valence-electron chi connectivity index (χ1n) is 8.61. The summed E-state index contributed by atoms with van der Waals surface area (Å²) in [4.78, 5) is 36.2. The lowest BCUT2D eigenvalue weighted by atomic mass is 10.1. The molecule has 0 radical (unpaired) electrons. The highest BCUT2D eigenvalue weighted by molar-refractivity contribution is 5.80. The second-order valence-corrected chi connectivity index (χ2v) is 6.68. The Bertz CT molecular complexity index is 378. The van der Waals surface area contributed by atoms with Gasteiger partial charge in [-0.3, -0.25) is 14.4 Å². The molecule has 0 spiro atoms. The van der Waals surface area contributed by atoms with Crippen LogP contribution in [0.5, 0.6) is 0 Å². The van der Waals surface area contributed by atoms with Crippen LogP contribution in [-0.4, -0.2) is 61.9 Å². The Labute approximate surface area is 145 Å². The summed E-state index contributed by atoms with van der Waals surface area (Å²) in [5.74, 6) is 0.255. The lowest BCUT2D eigenvalue weighted by molar-refractivity contribution is -0.133. The predicted octanol–water partition coefficient (Wildman–Crippen LogP) is 2.10. The van der Waals surface area contributed by atoms with Gasteiger partial charge in [-0.2, -0.15) is 0 Å². The smallest absolute Gasteiger partial charge is 0.219 e. The number of Topliss-reactive ketones (excluding diaryl/α,β-unsaturated/α-hetero) is 2. The topological polar surface area (TPSA) is 72.9 Å². The molecule has 0 aliphatic rings. The third-order valence-electron chi connectivity index (χ3n) is 3.94. The SMILES string of the molecule is CC(=O)N(C)C(COCCC(=O)C(C)C)COCCC(=O)C(C)C. The van der Waals surface area contributed by atoms with Gasteiger partial charge < -0.3 is 14.4 Å². The third kappa shape index (κ3) is 9.78. The normalized spacial score (nSPS) is 11.4. The van der Waals surface area contributed by atoms with Crippen LogP contribution in [0.25, 0.3) is 0 Å². The van der Waals surface area contributed by atoms with Gasteiger partial charge in [-0.1, -0.05) is 27.7 Å². The summed E-state index contributed by atoms with van der Waals surface area (Å²) in [5, 5.41) is 0. The Balaban J connectivity index is 4.22. The van der Waals surface area contributed by atoms with E-state index in [0.29, 0.717) is 39.3 Å². The molecule has 0 fully saturated rings. The lowest BCUT2D eigenvalue weighted by Gasteiger charge is -2.27. The molecule has 6 heteroatoms. The Morgan fingerprint density at radius 1 is 0.833 bits per heavy atom. The molecule has 24 heavy (non-hydrogen) atoms. The van der Waals surface area contributed by atoms with Crippen molar-refractivity contribution in [3.05, 3.63) is 0 Å². The minimum Gasteiger partial charge on any atom is -0.379 e. The van der Waals surface area contributed by atoms with Crippen LogP contribution < -0.4 is 0 Å². The van der Waals surface area contributed by atoms with Crippen molar-refractivity contribution in [2.24, 2.45) is 11.8 Å². The molecule has 0 saturated carbocycles. The van der Waals surface area contributed by atoms with E-state index in [1.54, 1.807) is 11.9 Å². The van der Waals surface area contributed by atoms with Crippen molar-refractivity contribution in [1.82, 2.24) is 4.90 Å². The van der Waals surface area contributed by atoms with Crippen LogP contribution in [0.4, 0.5) is 0 Å². The molecule has 0 atom stereocenters. The second-order valence-electron chi connectivity index (χ2n) is 6.68. The Kier molecular flexibility index (Phi) is 11.5. The number of ether oxygens (including phenoxy) is 2. The van der Waals surface area contributed by atoms with Crippen LogP contribution in [0.15, 0.2) is 0 Å². The van der Waals surface area contributed by atoms with Crippen molar-refractivity contribution in [1.29, 1.82) is 0 Å². The van der Waals surface area contributed by atoms with Crippen LogP contribution in [0.3, 0.4) is 0 Å². The molecule has 0 rings (SSSR count). The van der Waals surface area contributed by atoms with E-state index in [2.05, 4.69) is 0 Å². The number of amides is 1. The van der Waals surface area contributed by atoms with E-state index < -0.39 is 0 Å². The average molecular weight is 343 g/mol. The molecule has 0 N–H and O–H groups in total. The molecule has 0 aliphatic heterocycles. The van der Waals surface area contributed by atoms with E-state index in [-0.39, 0.29) is 35.4 Å². The minimum absolute atomic E-state index is 0.00566. The third-order valence-corrected chi connectivity index (χ3v) is 3.94. The highest BCUT2D eigenvalue weighted by Gasteiger charge is 2.18. The molecule has 0 aliphatic carbocycles. The first kappa shape index (κ1) is 22.7. The zero-order chi connectivity index (χ0) is 18.7. The molecule has 0 bridgehead atoms. The Morgan fingerprint density at radius 2 is 1.21 bits per heavy atom. The summed E-state index contributed by atoms with van der Waals surface area (Å²) < 4.78 is 11.1. The number of hydrogen-bond acceptors (Lipinski definition) is 5. The van der Waals surface area contributed by atoms with E-state index in [1.165, 1.54) is 6.92 Å². The largest absolute Gasteiger partial charge is 0.379 e. The highest BCUT2D eigenvalue weighted by atomic mass is 16.5. The molecule has 0 heterocycles. The fourth-order valence-corrected chi connectivity index (χ4v) is 1.89. The monoisotopic (exact) mass is 343 g/mol. The van der Waals surface area contributed by atoms with Crippen molar-refractivity contribution < 1.29 is 23.9 Å². The number of likely N-dealkylation sites (N-methyl/N-ethyl adjacent to an activating group) is 1. The predicted molar refractivity (Wildman–Crippen MR) is 92.8 cm³/mol. The van der Waals surface area contributed by atoms with Gasteiger partial charge in [0.05, 0.1) is 32.5 Å². The van der Waals surface area contributed by atoms with E-state index in [4.69, 9.17) is 9.47 Å². The Morgan fingerprint density at radius 3 is 1.50 bits per heavy atom. The second kappa shape index (κ2) is 12.1. The van der Waals surface area contributed by atoms with E-state index in [1.807, 2.05) is 27.7 Å². The molecule has 0 aromatic carbocycles. The van der Waals surface area contributed by atoms with Crippen molar-refractivity contribution in [2.45, 2.75) is 53.5 Å². The maximum atomic E-state index is 11.6. The van der Waals surface area contributed by atoms with Gasteiger partial charge in [0.2, 0.25) is 5.91 Å². The number of nitrogens with zero attached hydrogens (tertiary/aromatic N) is 1.